The van der Waals surface area contributed by atoms with Crippen LogP contribution in [0.3, 0.4) is 0 Å². The minimum atomic E-state index is -4.78. The van der Waals surface area contributed by atoms with Crippen molar-refractivity contribution in [3.63, 3.8) is 0 Å². The van der Waals surface area contributed by atoms with Crippen molar-refractivity contribution in [2.45, 2.75) is 67.6 Å². The number of imidazole rings is 1. The molecule has 226 valence electrons. The molecule has 0 saturated carbocycles. The minimum Gasteiger partial charge on any atom is -0.387 e. The van der Waals surface area contributed by atoms with Crippen molar-refractivity contribution in [1.29, 1.82) is 0 Å². The summed E-state index contributed by atoms with van der Waals surface area (Å²) >= 11 is 3.11. The molecule has 2 unspecified atom stereocenters. The number of hydrogen-bond donors (Lipinski definition) is 7. The number of carbonyl (C=O) groups is 2. The molecule has 3 saturated heterocycles. The molecule has 0 bridgehead atoms. The third kappa shape index (κ3) is 7.32. The number of carbonyl (C=O) groups excluding carboxylic acids is 2. The third-order valence-electron chi connectivity index (χ3n) is 7.09. The van der Waals surface area contributed by atoms with Crippen molar-refractivity contribution in [3.8, 4) is 0 Å². The fraction of sp³-hybridized carbons (Fsp3) is 0.682. The Morgan fingerprint density at radius 2 is 2.07 bits per heavy atom. The van der Waals surface area contributed by atoms with Crippen LogP contribution < -0.4 is 16.0 Å². The number of ether oxygens (including phenoxy) is 1. The van der Waals surface area contributed by atoms with Crippen LogP contribution in [0.15, 0.2) is 12.7 Å². The van der Waals surface area contributed by atoms with E-state index in [1.807, 2.05) is 11.8 Å². The van der Waals surface area contributed by atoms with Crippen LogP contribution in [0.1, 0.15) is 31.9 Å². The maximum absolute atomic E-state index is 12.3. The van der Waals surface area contributed by atoms with Crippen molar-refractivity contribution in [2.24, 2.45) is 0 Å². The topological polar surface area (TPSA) is 230 Å². The molecule has 2 aromatic rings. The van der Waals surface area contributed by atoms with Gasteiger partial charge in [-0.2, -0.15) is 11.8 Å². The second-order valence-corrected chi connectivity index (χ2v) is 13.6. The summed E-state index contributed by atoms with van der Waals surface area (Å²) in [7, 11) is -4.78. The van der Waals surface area contributed by atoms with E-state index >= 15 is 0 Å². The predicted molar refractivity (Wildman–Crippen MR) is 149 cm³/mol. The van der Waals surface area contributed by atoms with Crippen LogP contribution in [0, 0.1) is 0 Å². The van der Waals surface area contributed by atoms with Crippen LogP contribution in [0.5, 0.6) is 0 Å². The van der Waals surface area contributed by atoms with Gasteiger partial charge in [-0.05, 0) is 12.8 Å². The van der Waals surface area contributed by atoms with E-state index in [9.17, 15) is 24.4 Å². The number of unbranched alkanes of at least 4 members (excludes halogenated alkanes) is 1. The number of anilines is 1. The van der Waals surface area contributed by atoms with Crippen LogP contribution in [-0.2, 0) is 18.6 Å². The summed E-state index contributed by atoms with van der Waals surface area (Å²) in [5.74, 6) is 1.85. The molecule has 7 atom stereocenters. The van der Waals surface area contributed by atoms with E-state index in [1.165, 1.54) is 29.0 Å². The van der Waals surface area contributed by atoms with Crippen molar-refractivity contribution < 1.29 is 43.4 Å². The quantitative estimate of drug-likeness (QED) is 0.0871. The molecule has 0 aliphatic carbocycles. The van der Waals surface area contributed by atoms with Gasteiger partial charge in [-0.15, -0.1) is 0 Å². The molecule has 3 aliphatic heterocycles. The molecule has 5 heterocycles. The maximum atomic E-state index is 12.3. The Balaban J connectivity index is 1.05. The Bertz CT molecular complexity index is 1300. The number of urea groups is 1. The lowest BCUT2D eigenvalue weighted by molar-refractivity contribution is -0.111. The number of amides is 2. The van der Waals surface area contributed by atoms with Gasteiger partial charge in [-0.3, -0.25) is 13.9 Å². The van der Waals surface area contributed by atoms with Crippen LogP contribution in [0.4, 0.5) is 10.6 Å². The standard InChI is InChI=1S/C22H32N7O9PS2/c30-14(4-2-1-3-13-15-11(8-41-13)27-22(33)28-15)40-6-5-23-19-16-20(25-9-24-19)29(10-26-16)21-18(32)17(31)12(38-21)7-37-39(34,35)36/h9-13,15,17-18,21,31-32H,1-8H2,(H,23,24,25)(H2,27,28,33)(H2,34,35,36)/t11?,12-,13+,15?,17-,18-,21-/m1/s1. The van der Waals surface area contributed by atoms with Gasteiger partial charge in [0, 0.05) is 29.7 Å². The molecule has 2 amide bonds. The van der Waals surface area contributed by atoms with Crippen molar-refractivity contribution in [3.05, 3.63) is 12.7 Å². The number of aliphatic hydroxyl groups excluding tert-OH is 2. The number of aliphatic hydroxyl groups is 2. The first-order chi connectivity index (χ1) is 19.6. The average Bonchev–Trinajstić information content (AvgIpc) is 3.67. The zero-order valence-electron chi connectivity index (χ0n) is 21.7. The summed E-state index contributed by atoms with van der Waals surface area (Å²) in [6.45, 7) is -0.186. The second-order valence-electron chi connectivity index (χ2n) is 9.89. The van der Waals surface area contributed by atoms with Gasteiger partial charge in [0.2, 0.25) is 0 Å². The van der Waals surface area contributed by atoms with Gasteiger partial charge in [0.25, 0.3) is 0 Å². The van der Waals surface area contributed by atoms with Crippen molar-refractivity contribution >= 4 is 59.5 Å². The minimum absolute atomic E-state index is 0.0923. The molecule has 19 heteroatoms. The number of thioether (sulfide) groups is 2. The molecule has 0 radical (unpaired) electrons. The van der Waals surface area contributed by atoms with E-state index < -0.39 is 39.0 Å². The molecule has 0 aromatic carbocycles. The van der Waals surface area contributed by atoms with E-state index in [-0.39, 0.29) is 23.2 Å². The fourth-order valence-corrected chi connectivity index (χ4v) is 7.70. The number of hydrogen-bond acceptors (Lipinski definition) is 13. The largest absolute Gasteiger partial charge is 0.469 e. The first-order valence-electron chi connectivity index (χ1n) is 13.1. The second kappa shape index (κ2) is 13.1. The highest BCUT2D eigenvalue weighted by molar-refractivity contribution is 8.13. The monoisotopic (exact) mass is 633 g/mol. The Morgan fingerprint density at radius 3 is 2.88 bits per heavy atom. The Hall–Kier alpha value is -2.02. The summed E-state index contributed by atoms with van der Waals surface area (Å²) < 4.78 is 22.4. The summed E-state index contributed by atoms with van der Waals surface area (Å²) in [4.78, 5) is 54.3. The van der Waals surface area contributed by atoms with Gasteiger partial charge < -0.3 is 40.7 Å². The lowest BCUT2D eigenvalue weighted by atomic mass is 10.0. The smallest absolute Gasteiger partial charge is 0.387 e. The number of fused-ring (bicyclic) bond motifs is 2. The van der Waals surface area contributed by atoms with Crippen molar-refractivity contribution in [2.75, 3.05) is 30.0 Å². The number of nitrogens with one attached hydrogen (secondary N) is 3. The third-order valence-corrected chi connectivity index (χ3v) is 10.0. The van der Waals surface area contributed by atoms with Gasteiger partial charge in [-0.25, -0.2) is 24.3 Å². The molecule has 0 spiro atoms. The summed E-state index contributed by atoms with van der Waals surface area (Å²) in [5, 5.41) is 30.3. The number of phosphoric acid groups is 1. The summed E-state index contributed by atoms with van der Waals surface area (Å²) in [5.41, 5.74) is 0.684. The van der Waals surface area contributed by atoms with Gasteiger partial charge in [0.05, 0.1) is 25.0 Å². The van der Waals surface area contributed by atoms with E-state index in [2.05, 4.69) is 35.4 Å². The summed E-state index contributed by atoms with van der Waals surface area (Å²) in [6, 6.07) is 0.292. The average molecular weight is 634 g/mol. The lowest BCUT2D eigenvalue weighted by Gasteiger charge is -2.16. The zero-order valence-corrected chi connectivity index (χ0v) is 24.3. The number of phosphoric ester groups is 1. The highest BCUT2D eigenvalue weighted by Gasteiger charge is 2.45. The number of rotatable bonds is 13. The van der Waals surface area contributed by atoms with Gasteiger partial charge in [0.15, 0.2) is 28.3 Å². The number of nitrogens with zero attached hydrogens (tertiary/aromatic N) is 4. The van der Waals surface area contributed by atoms with Gasteiger partial charge >= 0.3 is 13.9 Å². The first kappa shape index (κ1) is 30.4. The molecule has 41 heavy (non-hydrogen) atoms. The molecular weight excluding hydrogens is 601 g/mol. The van der Waals surface area contributed by atoms with Gasteiger partial charge in [-0.1, -0.05) is 18.2 Å². The van der Waals surface area contributed by atoms with E-state index in [0.29, 0.717) is 41.0 Å². The zero-order chi connectivity index (χ0) is 29.1. The maximum Gasteiger partial charge on any atom is 0.469 e. The number of aromatic nitrogens is 4. The van der Waals surface area contributed by atoms with Gasteiger partial charge in [0.1, 0.15) is 24.6 Å². The first-order valence-corrected chi connectivity index (χ1v) is 16.6. The van der Waals surface area contributed by atoms with Crippen molar-refractivity contribution in [1.82, 2.24) is 30.2 Å². The normalized spacial score (nSPS) is 29.5. The van der Waals surface area contributed by atoms with Crippen LogP contribution >= 0.6 is 31.3 Å². The van der Waals surface area contributed by atoms with Crippen LogP contribution in [0.25, 0.3) is 11.2 Å². The molecule has 2 aromatic heterocycles. The highest BCUT2D eigenvalue weighted by atomic mass is 32.2. The Morgan fingerprint density at radius 1 is 1.24 bits per heavy atom. The van der Waals surface area contributed by atoms with E-state index in [1.54, 1.807) is 0 Å². The fourth-order valence-electron chi connectivity index (χ4n) is 5.10. The van der Waals surface area contributed by atoms with E-state index in [4.69, 9.17) is 14.5 Å². The van der Waals surface area contributed by atoms with Crippen LogP contribution in [-0.4, -0.2) is 111 Å². The van der Waals surface area contributed by atoms with Crippen LogP contribution in [0.2, 0.25) is 0 Å². The molecular formula is C22H32N7O9PS2. The molecule has 16 nitrogen and oxygen atoms in total. The SMILES string of the molecule is O=C1NC2CS[C@@H](CCCCC(=O)SCCNc3ncnc4c3ncn4[C@@H]3O[C@H](COP(=O)(O)O)[C@@H](O)[C@H]3O)C2N1. The Labute approximate surface area is 243 Å². The predicted octanol–water partition coefficient (Wildman–Crippen LogP) is -0.0477. The molecule has 3 fully saturated rings. The van der Waals surface area contributed by atoms with E-state index in [0.717, 1.165) is 25.0 Å². The molecule has 3 aliphatic rings. The lowest BCUT2D eigenvalue weighted by Crippen LogP contribution is -2.36. The molecule has 5 rings (SSSR count). The Kier molecular flexibility index (Phi) is 9.72. The highest BCUT2D eigenvalue weighted by Crippen LogP contribution is 2.39. The summed E-state index contributed by atoms with van der Waals surface area (Å²) in [6.07, 6.45) is 0.634. The molecule has 7 N–H and O–H groups in total.